The molecule has 1 fully saturated rings. The molecule has 5 N–H and O–H groups in total. The Labute approximate surface area is 343 Å². The number of pyridine rings is 3. The largest absolute Gasteiger partial charge is 0.444 e. The Kier molecular flexibility index (Phi) is 19.4. The van der Waals surface area contributed by atoms with Gasteiger partial charge < -0.3 is 20.1 Å². The number of ether oxygens (including phenoxy) is 2. The number of amides is 4. The van der Waals surface area contributed by atoms with Crippen LogP contribution in [-0.4, -0.2) is 81.4 Å². The van der Waals surface area contributed by atoms with Gasteiger partial charge in [-0.2, -0.15) is 0 Å². The van der Waals surface area contributed by atoms with E-state index in [0.29, 0.717) is 40.1 Å². The summed E-state index contributed by atoms with van der Waals surface area (Å²) in [5.41, 5.74) is 5.51. The molecule has 5 rings (SSSR count). The molecule has 3 aromatic heterocycles. The van der Waals surface area contributed by atoms with E-state index >= 15 is 0 Å². The van der Waals surface area contributed by atoms with Crippen molar-refractivity contribution in [1.29, 1.82) is 0 Å². The van der Waals surface area contributed by atoms with E-state index in [2.05, 4.69) is 42.8 Å². The first-order chi connectivity index (χ1) is 26.3. The molecule has 0 saturated carbocycles. The number of nitrogens with zero attached hydrogens (tertiary/aromatic N) is 5. The number of rotatable bonds is 7. The molecule has 4 amide bonds. The molecule has 18 heteroatoms. The molecule has 2 aliphatic heterocycles. The topological polar surface area (TPSA) is 203 Å². The molecular formula is C38H52Cl3N9O6. The lowest BCUT2D eigenvalue weighted by molar-refractivity contribution is 0.0623. The van der Waals surface area contributed by atoms with Gasteiger partial charge >= 0.3 is 18.2 Å². The Balaban J connectivity index is 0.000000278. The molecule has 5 heterocycles. The molecule has 15 nitrogen and oxygen atoms in total. The van der Waals surface area contributed by atoms with Crippen LogP contribution in [0.3, 0.4) is 0 Å². The average Bonchev–Trinajstić information content (AvgIpc) is 3.60. The maximum atomic E-state index is 11.8. The predicted octanol–water partition coefficient (Wildman–Crippen LogP) is 9.58. The maximum Gasteiger partial charge on any atom is 0.413 e. The normalized spacial score (nSPS) is 14.2. The lowest BCUT2D eigenvalue weighted by atomic mass is 10.0. The fraction of sp³-hybridized carbons (Fsp3) is 0.474. The number of carbonyl (C=O) groups is 4. The van der Waals surface area contributed by atoms with Crippen LogP contribution >= 0.6 is 34.8 Å². The first-order valence-corrected chi connectivity index (χ1v) is 19.1. The second kappa shape index (κ2) is 22.9. The number of urea groups is 1. The van der Waals surface area contributed by atoms with Crippen molar-refractivity contribution in [1.82, 2.24) is 19.9 Å². The summed E-state index contributed by atoms with van der Waals surface area (Å²) in [6.07, 6.45) is 9.46. The van der Waals surface area contributed by atoms with E-state index in [-0.39, 0.29) is 28.5 Å². The van der Waals surface area contributed by atoms with Gasteiger partial charge in [-0.15, -0.1) is 0 Å². The van der Waals surface area contributed by atoms with Crippen LogP contribution in [-0.2, 0) is 9.47 Å². The number of hydrogen-bond acceptors (Lipinski definition) is 11. The number of carbonyl (C=O) groups excluding carboxylic acids is 4. The van der Waals surface area contributed by atoms with E-state index in [9.17, 15) is 19.2 Å². The molecule has 0 aliphatic carbocycles. The zero-order valence-electron chi connectivity index (χ0n) is 33.0. The van der Waals surface area contributed by atoms with E-state index in [1.165, 1.54) is 18.5 Å². The first kappa shape index (κ1) is 47.6. The van der Waals surface area contributed by atoms with Crippen molar-refractivity contribution >= 4 is 83.0 Å². The molecular weight excluding hydrogens is 785 g/mol. The lowest BCUT2D eigenvalue weighted by Gasteiger charge is -2.31. The Hall–Kier alpha value is -4.57. The van der Waals surface area contributed by atoms with E-state index in [4.69, 9.17) is 50.0 Å². The van der Waals surface area contributed by atoms with Crippen LogP contribution in [0.1, 0.15) is 109 Å². The molecule has 0 bridgehead atoms. The molecule has 306 valence electrons. The van der Waals surface area contributed by atoms with Crippen LogP contribution in [0.25, 0.3) is 0 Å². The summed E-state index contributed by atoms with van der Waals surface area (Å²) in [5.74, 6) is 1.05. The molecule has 1 saturated heterocycles. The van der Waals surface area contributed by atoms with Crippen molar-refractivity contribution in [2.24, 2.45) is 10.7 Å². The number of nitrogens with one attached hydrogen (secondary N) is 3. The quantitative estimate of drug-likeness (QED) is 0.131. The molecule has 1 atom stereocenters. The second-order valence-corrected chi connectivity index (χ2v) is 15.4. The standard InChI is InChI=1S/C14H20ClN3O2.C11H13ClN2O3.C10H10ClN3O.C3H9N/c1-5-7-16-9-10-11(15)6-8-17-12(10)18-13(19)20-14(2,3)4;1-11(2,3)17-10(16)14-9-7(6-15)8(12)4-5-13-9;11-6-3-4-12-9-8(6)7-2-1-5-14(7)10(15)13-9;1-2-3-4/h6,8-9H,5,7H2,1-4H3,(H,17,18,19);4-6H,1-3H3,(H,13,14,16);3-4,7H,1-2,5H2,(H,12,13,15);2-4H2,1H3. The zero-order chi connectivity index (χ0) is 42.1. The summed E-state index contributed by atoms with van der Waals surface area (Å²) in [6.45, 7) is 17.0. The van der Waals surface area contributed by atoms with Gasteiger partial charge in [0.05, 0.1) is 32.2 Å². The Morgan fingerprint density at radius 1 is 0.893 bits per heavy atom. The summed E-state index contributed by atoms with van der Waals surface area (Å²) in [7, 11) is 0. The molecule has 56 heavy (non-hydrogen) atoms. The highest BCUT2D eigenvalue weighted by Gasteiger charge is 2.37. The van der Waals surface area contributed by atoms with Crippen molar-refractivity contribution in [3.63, 3.8) is 0 Å². The number of aliphatic imine (C=N–C) groups is 1. The molecule has 3 aromatic rings. The third-order valence-corrected chi connectivity index (χ3v) is 8.09. The minimum Gasteiger partial charge on any atom is -0.444 e. The van der Waals surface area contributed by atoms with Gasteiger partial charge in [0.2, 0.25) is 0 Å². The van der Waals surface area contributed by atoms with Gasteiger partial charge in [0, 0.05) is 43.5 Å². The summed E-state index contributed by atoms with van der Waals surface area (Å²) in [6, 6.07) is 4.95. The van der Waals surface area contributed by atoms with Crippen molar-refractivity contribution < 1.29 is 28.7 Å². The first-order valence-electron chi connectivity index (χ1n) is 18.0. The van der Waals surface area contributed by atoms with Crippen molar-refractivity contribution in [3.05, 3.63) is 68.5 Å². The number of aromatic nitrogens is 3. The van der Waals surface area contributed by atoms with Crippen LogP contribution in [0, 0.1) is 0 Å². The van der Waals surface area contributed by atoms with Gasteiger partial charge in [-0.1, -0.05) is 48.7 Å². The number of aldehydes is 1. The van der Waals surface area contributed by atoms with Crippen molar-refractivity contribution in [2.75, 3.05) is 35.6 Å². The van der Waals surface area contributed by atoms with Crippen LogP contribution in [0.4, 0.5) is 31.8 Å². The number of hydrogen-bond donors (Lipinski definition) is 4. The molecule has 1 unspecified atom stereocenters. The summed E-state index contributed by atoms with van der Waals surface area (Å²) >= 11 is 18.0. The van der Waals surface area contributed by atoms with Crippen LogP contribution < -0.4 is 21.7 Å². The third kappa shape index (κ3) is 15.9. The van der Waals surface area contributed by atoms with Crippen LogP contribution in [0.5, 0.6) is 0 Å². The van der Waals surface area contributed by atoms with E-state index in [1.54, 1.807) is 66.1 Å². The summed E-state index contributed by atoms with van der Waals surface area (Å²) < 4.78 is 10.2. The highest BCUT2D eigenvalue weighted by molar-refractivity contribution is 6.34. The summed E-state index contributed by atoms with van der Waals surface area (Å²) in [4.78, 5) is 63.9. The molecule has 0 radical (unpaired) electrons. The van der Waals surface area contributed by atoms with Gasteiger partial charge in [0.1, 0.15) is 28.7 Å². The molecule has 0 spiro atoms. The average molecular weight is 837 g/mol. The number of anilines is 3. The Morgan fingerprint density at radius 2 is 1.39 bits per heavy atom. The van der Waals surface area contributed by atoms with Crippen molar-refractivity contribution in [3.8, 4) is 0 Å². The Morgan fingerprint density at radius 3 is 1.89 bits per heavy atom. The summed E-state index contributed by atoms with van der Waals surface area (Å²) in [5, 5.41) is 9.11. The minimum absolute atomic E-state index is 0.0558. The van der Waals surface area contributed by atoms with Gasteiger partial charge in [-0.3, -0.25) is 25.7 Å². The van der Waals surface area contributed by atoms with Gasteiger partial charge in [-0.25, -0.2) is 29.3 Å². The fourth-order valence-electron chi connectivity index (χ4n) is 4.77. The Bertz CT molecular complexity index is 1810. The monoisotopic (exact) mass is 835 g/mol. The predicted molar refractivity (Wildman–Crippen MR) is 223 cm³/mol. The third-order valence-electron chi connectivity index (χ3n) is 7.10. The SMILES string of the molecule is CC(C)(C)OC(=O)Nc1nccc(Cl)c1C=O.CCCN.CCCN=Cc1c(Cl)ccnc1NC(=O)OC(C)(C)C.O=C1Nc2nccc(Cl)c2C2CCCN12. The number of halogens is 3. The van der Waals surface area contributed by atoms with E-state index in [1.807, 2.05) is 11.8 Å². The van der Waals surface area contributed by atoms with Gasteiger partial charge in [-0.05, 0) is 92.0 Å². The lowest BCUT2D eigenvalue weighted by Crippen LogP contribution is -2.39. The number of nitrogens with two attached hydrogens (primary N) is 1. The smallest absolute Gasteiger partial charge is 0.413 e. The minimum atomic E-state index is -0.685. The highest BCUT2D eigenvalue weighted by atomic mass is 35.5. The van der Waals surface area contributed by atoms with Crippen LogP contribution in [0.15, 0.2) is 41.8 Å². The molecule has 0 aromatic carbocycles. The zero-order valence-corrected chi connectivity index (χ0v) is 35.3. The van der Waals surface area contributed by atoms with Crippen molar-refractivity contribution in [2.45, 2.75) is 98.3 Å². The number of fused-ring (bicyclic) bond motifs is 3. The van der Waals surface area contributed by atoms with Gasteiger partial charge in [0.25, 0.3) is 0 Å². The fourth-order valence-corrected chi connectivity index (χ4v) is 5.43. The van der Waals surface area contributed by atoms with E-state index < -0.39 is 23.4 Å². The second-order valence-electron chi connectivity index (χ2n) is 14.1. The van der Waals surface area contributed by atoms with E-state index in [0.717, 1.165) is 44.3 Å². The maximum absolute atomic E-state index is 11.8. The highest BCUT2D eigenvalue weighted by Crippen LogP contribution is 2.42. The van der Waals surface area contributed by atoms with Crippen LogP contribution in [0.2, 0.25) is 15.1 Å². The van der Waals surface area contributed by atoms with Gasteiger partial charge in [0.15, 0.2) is 6.29 Å². The molecule has 2 aliphatic rings.